The molecule has 3 aromatic rings. The van der Waals surface area contributed by atoms with Crippen LogP contribution in [-0.4, -0.2) is 27.8 Å². The number of benzene rings is 1. The standard InChI is InChI=1S/C15H13N3O2S/c1-18(15(20)10-6-7-13(19)16-8-10)9-14-17-11-4-2-3-5-12(11)21-14/h2-8H,9H2,1H3,(H,16,19). The number of hydrogen-bond acceptors (Lipinski definition) is 4. The van der Waals surface area contributed by atoms with Crippen LogP contribution in [0.4, 0.5) is 0 Å². The number of nitrogens with zero attached hydrogens (tertiary/aromatic N) is 2. The fourth-order valence-electron chi connectivity index (χ4n) is 2.03. The van der Waals surface area contributed by atoms with Crippen LogP contribution in [0.2, 0.25) is 0 Å². The van der Waals surface area contributed by atoms with Gasteiger partial charge in [-0.15, -0.1) is 11.3 Å². The number of nitrogens with one attached hydrogen (secondary N) is 1. The number of hydrogen-bond donors (Lipinski definition) is 1. The monoisotopic (exact) mass is 299 g/mol. The third kappa shape index (κ3) is 2.85. The Kier molecular flexibility index (Phi) is 3.53. The van der Waals surface area contributed by atoms with Gasteiger partial charge in [-0.25, -0.2) is 4.98 Å². The van der Waals surface area contributed by atoms with Crippen molar-refractivity contribution in [2.75, 3.05) is 7.05 Å². The molecule has 106 valence electrons. The molecule has 0 fully saturated rings. The van der Waals surface area contributed by atoms with Gasteiger partial charge in [0.2, 0.25) is 5.56 Å². The summed E-state index contributed by atoms with van der Waals surface area (Å²) in [5.74, 6) is -0.148. The molecule has 1 aromatic carbocycles. The molecule has 0 unspecified atom stereocenters. The van der Waals surface area contributed by atoms with Crippen molar-refractivity contribution in [2.45, 2.75) is 6.54 Å². The summed E-state index contributed by atoms with van der Waals surface area (Å²) >= 11 is 1.58. The first-order valence-electron chi connectivity index (χ1n) is 6.42. The molecule has 3 rings (SSSR count). The molecule has 0 saturated carbocycles. The van der Waals surface area contributed by atoms with Gasteiger partial charge in [0.05, 0.1) is 22.3 Å². The summed E-state index contributed by atoms with van der Waals surface area (Å²) in [7, 11) is 1.72. The number of amides is 1. The summed E-state index contributed by atoms with van der Waals surface area (Å²) in [6.07, 6.45) is 1.43. The molecule has 1 N–H and O–H groups in total. The summed E-state index contributed by atoms with van der Waals surface area (Å²) in [4.78, 5) is 31.9. The minimum absolute atomic E-state index is 0.148. The van der Waals surface area contributed by atoms with Crippen molar-refractivity contribution >= 4 is 27.5 Å². The predicted molar refractivity (Wildman–Crippen MR) is 82.5 cm³/mol. The Morgan fingerprint density at radius 2 is 2.10 bits per heavy atom. The van der Waals surface area contributed by atoms with Crippen LogP contribution in [0, 0.1) is 0 Å². The van der Waals surface area contributed by atoms with E-state index in [9.17, 15) is 9.59 Å². The molecule has 0 aliphatic rings. The Morgan fingerprint density at radius 3 is 2.81 bits per heavy atom. The number of carbonyl (C=O) groups is 1. The second kappa shape index (κ2) is 5.49. The van der Waals surface area contributed by atoms with E-state index in [1.165, 1.54) is 18.3 Å². The number of fused-ring (bicyclic) bond motifs is 1. The molecule has 6 heteroatoms. The molecular formula is C15H13N3O2S. The normalized spacial score (nSPS) is 10.7. The van der Waals surface area contributed by atoms with Gasteiger partial charge in [-0.2, -0.15) is 0 Å². The molecule has 0 aliphatic heterocycles. The van der Waals surface area contributed by atoms with Crippen molar-refractivity contribution in [1.29, 1.82) is 0 Å². The van der Waals surface area contributed by atoms with Crippen LogP contribution in [0.3, 0.4) is 0 Å². The topological polar surface area (TPSA) is 66.1 Å². The maximum absolute atomic E-state index is 12.3. The summed E-state index contributed by atoms with van der Waals surface area (Å²) in [5, 5.41) is 0.886. The Bertz CT molecular complexity index is 800. The molecule has 1 amide bonds. The molecular weight excluding hydrogens is 286 g/mol. The molecule has 0 saturated heterocycles. The smallest absolute Gasteiger partial charge is 0.255 e. The molecule has 2 heterocycles. The number of H-pyrrole nitrogens is 1. The first-order chi connectivity index (χ1) is 10.1. The van der Waals surface area contributed by atoms with Crippen molar-refractivity contribution in [3.05, 3.63) is 63.5 Å². The van der Waals surface area contributed by atoms with Gasteiger partial charge < -0.3 is 9.88 Å². The molecule has 2 aromatic heterocycles. The van der Waals surface area contributed by atoms with Gasteiger partial charge in [0.1, 0.15) is 5.01 Å². The van der Waals surface area contributed by atoms with Crippen LogP contribution in [-0.2, 0) is 6.54 Å². The zero-order valence-electron chi connectivity index (χ0n) is 11.4. The van der Waals surface area contributed by atoms with E-state index in [2.05, 4.69) is 9.97 Å². The first-order valence-corrected chi connectivity index (χ1v) is 7.24. The number of rotatable bonds is 3. The summed E-state index contributed by atoms with van der Waals surface area (Å²) in [6, 6.07) is 10.8. The third-order valence-electron chi connectivity index (χ3n) is 3.09. The van der Waals surface area contributed by atoms with Crippen molar-refractivity contribution in [1.82, 2.24) is 14.9 Å². The molecule has 5 nitrogen and oxygen atoms in total. The lowest BCUT2D eigenvalue weighted by molar-refractivity contribution is 0.0784. The van der Waals surface area contributed by atoms with Gasteiger partial charge in [0, 0.05) is 19.3 Å². The van der Waals surface area contributed by atoms with E-state index in [0.29, 0.717) is 12.1 Å². The largest absolute Gasteiger partial charge is 0.335 e. The lowest BCUT2D eigenvalue weighted by atomic mass is 10.2. The Morgan fingerprint density at radius 1 is 1.29 bits per heavy atom. The number of thiazole rings is 1. The van der Waals surface area contributed by atoms with Crippen LogP contribution in [0.5, 0.6) is 0 Å². The Hall–Kier alpha value is -2.47. The number of pyridine rings is 1. The average molecular weight is 299 g/mol. The molecule has 0 radical (unpaired) electrons. The van der Waals surface area contributed by atoms with Crippen LogP contribution < -0.4 is 5.56 Å². The van der Waals surface area contributed by atoms with Crippen LogP contribution in [0.25, 0.3) is 10.2 Å². The van der Waals surface area contributed by atoms with Crippen molar-refractivity contribution in [2.24, 2.45) is 0 Å². The van der Waals surface area contributed by atoms with E-state index in [-0.39, 0.29) is 11.5 Å². The van der Waals surface area contributed by atoms with E-state index in [4.69, 9.17) is 0 Å². The Balaban J connectivity index is 1.78. The van der Waals surface area contributed by atoms with Gasteiger partial charge in [-0.1, -0.05) is 12.1 Å². The van der Waals surface area contributed by atoms with Crippen molar-refractivity contribution in [3.8, 4) is 0 Å². The van der Waals surface area contributed by atoms with Gasteiger partial charge in [-0.3, -0.25) is 9.59 Å². The highest BCUT2D eigenvalue weighted by molar-refractivity contribution is 7.18. The second-order valence-electron chi connectivity index (χ2n) is 4.68. The van der Waals surface area contributed by atoms with Crippen LogP contribution >= 0.6 is 11.3 Å². The molecule has 0 spiro atoms. The maximum Gasteiger partial charge on any atom is 0.255 e. The fourth-order valence-corrected chi connectivity index (χ4v) is 3.05. The highest BCUT2D eigenvalue weighted by Crippen LogP contribution is 2.22. The molecule has 0 bridgehead atoms. The minimum atomic E-state index is -0.222. The van der Waals surface area contributed by atoms with Gasteiger partial charge in [0.25, 0.3) is 5.91 Å². The number of carbonyl (C=O) groups excluding carboxylic acids is 1. The third-order valence-corrected chi connectivity index (χ3v) is 4.11. The van der Waals surface area contributed by atoms with E-state index in [0.717, 1.165) is 15.2 Å². The van der Waals surface area contributed by atoms with E-state index in [1.54, 1.807) is 23.3 Å². The number of para-hydroxylation sites is 1. The number of aromatic nitrogens is 2. The highest BCUT2D eigenvalue weighted by atomic mass is 32.1. The fraction of sp³-hybridized carbons (Fsp3) is 0.133. The molecule has 21 heavy (non-hydrogen) atoms. The van der Waals surface area contributed by atoms with Gasteiger partial charge in [-0.05, 0) is 18.2 Å². The zero-order chi connectivity index (χ0) is 14.8. The average Bonchev–Trinajstić information content (AvgIpc) is 2.89. The predicted octanol–water partition coefficient (Wildman–Crippen LogP) is 2.26. The second-order valence-corrected chi connectivity index (χ2v) is 5.79. The van der Waals surface area contributed by atoms with E-state index < -0.39 is 0 Å². The van der Waals surface area contributed by atoms with Crippen molar-refractivity contribution < 1.29 is 4.79 Å². The summed E-state index contributed by atoms with van der Waals surface area (Å²) < 4.78 is 1.11. The quantitative estimate of drug-likeness (QED) is 0.806. The maximum atomic E-state index is 12.3. The van der Waals surface area contributed by atoms with E-state index in [1.807, 2.05) is 24.3 Å². The van der Waals surface area contributed by atoms with Crippen LogP contribution in [0.15, 0.2) is 47.4 Å². The van der Waals surface area contributed by atoms with E-state index >= 15 is 0 Å². The SMILES string of the molecule is CN(Cc1nc2ccccc2s1)C(=O)c1ccc(=O)[nH]c1. The van der Waals surface area contributed by atoms with Crippen molar-refractivity contribution in [3.63, 3.8) is 0 Å². The highest BCUT2D eigenvalue weighted by Gasteiger charge is 2.14. The summed E-state index contributed by atoms with van der Waals surface area (Å²) in [6.45, 7) is 0.442. The van der Waals surface area contributed by atoms with Gasteiger partial charge in [0.15, 0.2) is 0 Å². The lowest BCUT2D eigenvalue weighted by Gasteiger charge is -2.15. The van der Waals surface area contributed by atoms with Crippen LogP contribution in [0.1, 0.15) is 15.4 Å². The molecule has 0 atom stereocenters. The summed E-state index contributed by atoms with van der Waals surface area (Å²) in [5.41, 5.74) is 1.18. The minimum Gasteiger partial charge on any atom is -0.335 e. The lowest BCUT2D eigenvalue weighted by Crippen LogP contribution is -2.26. The number of aromatic amines is 1. The first kappa shape index (κ1) is 13.5. The Labute approximate surface area is 124 Å². The van der Waals surface area contributed by atoms with Gasteiger partial charge >= 0.3 is 0 Å². The molecule has 0 aliphatic carbocycles. The zero-order valence-corrected chi connectivity index (χ0v) is 12.2.